The number of aryl methyl sites for hydroxylation is 2. The van der Waals surface area contributed by atoms with E-state index in [0.29, 0.717) is 6.54 Å². The molecule has 3 aromatic heterocycles. The number of aromatic nitrogens is 5. The lowest BCUT2D eigenvalue weighted by molar-refractivity contribution is -0.115. The van der Waals surface area contributed by atoms with Gasteiger partial charge in [-0.2, -0.15) is 10.1 Å². The number of unbranched alkanes of at least 4 members (excludes halogenated alkanes) is 1. The molecule has 2 N–H and O–H groups in total. The highest BCUT2D eigenvalue weighted by Gasteiger charge is 2.08. The van der Waals surface area contributed by atoms with Crippen molar-refractivity contribution in [3.05, 3.63) is 118 Å². The monoisotopic (exact) mass is 492 g/mol. The van der Waals surface area contributed by atoms with E-state index in [1.807, 2.05) is 48.5 Å². The van der Waals surface area contributed by atoms with Gasteiger partial charge in [-0.3, -0.25) is 9.36 Å². The molecule has 1 amide bonds. The Bertz CT molecular complexity index is 1540. The van der Waals surface area contributed by atoms with E-state index in [1.54, 1.807) is 16.8 Å². The Hall–Kier alpha value is -4.59. The molecule has 3 heterocycles. The first kappa shape index (κ1) is 24.1. The van der Waals surface area contributed by atoms with Gasteiger partial charge in [0.25, 0.3) is 0 Å². The summed E-state index contributed by atoms with van der Waals surface area (Å²) >= 11 is 0. The number of hydrogen-bond donors (Lipinski definition) is 2. The summed E-state index contributed by atoms with van der Waals surface area (Å²) in [6, 6.07) is 25.6. The van der Waals surface area contributed by atoms with Crippen molar-refractivity contribution in [1.82, 2.24) is 24.7 Å². The van der Waals surface area contributed by atoms with E-state index >= 15 is 0 Å². The summed E-state index contributed by atoms with van der Waals surface area (Å²) in [5.74, 6) is 0.0624. The third-order valence-electron chi connectivity index (χ3n) is 6.15. The summed E-state index contributed by atoms with van der Waals surface area (Å²) in [4.78, 5) is 32.0. The van der Waals surface area contributed by atoms with Gasteiger partial charge in [0.2, 0.25) is 5.91 Å². The standard InChI is InChI=1S/C29H28N6O2/c36-27(18-22-11-5-2-6-12-22)31-26-14-16-35(29(37)32-26)15-8-7-13-24-19-23-20-25(30-28(23)34-33-24)17-21-9-3-1-4-10-21/h1-6,9-12,14,16,19-20H,7-8,13,15,17-18H2,(H,30,34)(H,31,32,36,37). The highest BCUT2D eigenvalue weighted by atomic mass is 16.2. The number of nitrogens with zero attached hydrogens (tertiary/aromatic N) is 4. The Morgan fingerprint density at radius 2 is 1.65 bits per heavy atom. The molecule has 8 nitrogen and oxygen atoms in total. The zero-order valence-corrected chi connectivity index (χ0v) is 20.4. The van der Waals surface area contributed by atoms with E-state index in [2.05, 4.69) is 49.7 Å². The van der Waals surface area contributed by atoms with Crippen LogP contribution in [0.4, 0.5) is 5.82 Å². The zero-order valence-electron chi connectivity index (χ0n) is 20.4. The van der Waals surface area contributed by atoms with Crippen LogP contribution in [0.25, 0.3) is 11.0 Å². The molecule has 0 spiro atoms. The van der Waals surface area contributed by atoms with Crippen LogP contribution in [0.2, 0.25) is 0 Å². The second kappa shape index (κ2) is 11.4. The maximum Gasteiger partial charge on any atom is 0.349 e. The molecule has 0 atom stereocenters. The van der Waals surface area contributed by atoms with Crippen molar-refractivity contribution in [3.63, 3.8) is 0 Å². The maximum absolute atomic E-state index is 12.4. The van der Waals surface area contributed by atoms with Gasteiger partial charge in [-0.25, -0.2) is 4.79 Å². The van der Waals surface area contributed by atoms with Crippen molar-refractivity contribution in [2.45, 2.75) is 38.6 Å². The van der Waals surface area contributed by atoms with Crippen molar-refractivity contribution in [2.24, 2.45) is 0 Å². The smallest absolute Gasteiger partial charge is 0.341 e. The SMILES string of the molecule is O=C(Cc1ccccc1)Nc1ccn(CCCCc2cc3cc(Cc4ccccc4)[nH]c3nn2)c(=O)n1. The largest absolute Gasteiger partial charge is 0.349 e. The van der Waals surface area contributed by atoms with Gasteiger partial charge < -0.3 is 10.3 Å². The van der Waals surface area contributed by atoms with Gasteiger partial charge in [-0.1, -0.05) is 60.7 Å². The van der Waals surface area contributed by atoms with Gasteiger partial charge in [0, 0.05) is 30.2 Å². The van der Waals surface area contributed by atoms with E-state index in [-0.39, 0.29) is 23.8 Å². The Morgan fingerprint density at radius 3 is 2.41 bits per heavy atom. The molecular weight excluding hydrogens is 464 g/mol. The molecule has 0 fully saturated rings. The molecule has 2 aromatic carbocycles. The number of carbonyl (C=O) groups excluding carboxylic acids is 1. The molecule has 5 rings (SSSR count). The van der Waals surface area contributed by atoms with Crippen LogP contribution in [0.1, 0.15) is 35.4 Å². The van der Waals surface area contributed by atoms with Gasteiger partial charge in [-0.05, 0) is 48.6 Å². The van der Waals surface area contributed by atoms with E-state index in [0.717, 1.165) is 53.7 Å². The summed E-state index contributed by atoms with van der Waals surface area (Å²) in [5, 5.41) is 12.5. The number of H-pyrrole nitrogens is 1. The zero-order chi connectivity index (χ0) is 25.5. The normalized spacial score (nSPS) is 11.0. The summed E-state index contributed by atoms with van der Waals surface area (Å²) in [5.41, 5.74) is 4.61. The molecule has 0 aliphatic rings. The minimum atomic E-state index is -0.378. The number of nitrogens with one attached hydrogen (secondary N) is 2. The van der Waals surface area contributed by atoms with Crippen LogP contribution in [-0.2, 0) is 30.6 Å². The summed E-state index contributed by atoms with van der Waals surface area (Å²) < 4.78 is 1.56. The van der Waals surface area contributed by atoms with Gasteiger partial charge >= 0.3 is 5.69 Å². The molecule has 0 saturated heterocycles. The lowest BCUT2D eigenvalue weighted by Crippen LogP contribution is -2.25. The van der Waals surface area contributed by atoms with Gasteiger partial charge in [0.1, 0.15) is 5.82 Å². The molecule has 186 valence electrons. The average molecular weight is 493 g/mol. The van der Waals surface area contributed by atoms with Gasteiger partial charge in [0.15, 0.2) is 5.65 Å². The lowest BCUT2D eigenvalue weighted by Gasteiger charge is -2.08. The quantitative estimate of drug-likeness (QED) is 0.283. The number of fused-ring (bicyclic) bond motifs is 1. The molecule has 0 aliphatic carbocycles. The number of amides is 1. The van der Waals surface area contributed by atoms with Gasteiger partial charge in [-0.15, -0.1) is 5.10 Å². The highest BCUT2D eigenvalue weighted by molar-refractivity contribution is 5.91. The number of rotatable bonds is 10. The fourth-order valence-electron chi connectivity index (χ4n) is 4.29. The number of hydrogen-bond acceptors (Lipinski definition) is 5. The fraction of sp³-hybridized carbons (Fsp3) is 0.207. The molecule has 5 aromatic rings. The van der Waals surface area contributed by atoms with E-state index in [1.165, 1.54) is 5.56 Å². The minimum absolute atomic E-state index is 0.205. The lowest BCUT2D eigenvalue weighted by atomic mass is 10.1. The Balaban J connectivity index is 1.11. The molecule has 0 bridgehead atoms. The molecule has 0 aliphatic heterocycles. The van der Waals surface area contributed by atoms with Crippen molar-refractivity contribution >= 4 is 22.8 Å². The molecule has 37 heavy (non-hydrogen) atoms. The van der Waals surface area contributed by atoms with Crippen LogP contribution in [0.5, 0.6) is 0 Å². The average Bonchev–Trinajstić information content (AvgIpc) is 3.30. The second-order valence-corrected chi connectivity index (χ2v) is 9.05. The first-order chi connectivity index (χ1) is 18.1. The number of carbonyl (C=O) groups is 1. The Labute approximate surface area is 214 Å². The number of aromatic amines is 1. The number of benzene rings is 2. The predicted octanol–water partition coefficient (Wildman–Crippen LogP) is 4.31. The molecular formula is C29H28N6O2. The van der Waals surface area contributed by atoms with Crippen LogP contribution in [0.15, 0.2) is 89.9 Å². The second-order valence-electron chi connectivity index (χ2n) is 9.05. The Morgan fingerprint density at radius 1 is 0.892 bits per heavy atom. The fourth-order valence-corrected chi connectivity index (χ4v) is 4.29. The first-order valence-electron chi connectivity index (χ1n) is 12.4. The highest BCUT2D eigenvalue weighted by Crippen LogP contribution is 2.17. The third kappa shape index (κ3) is 6.55. The molecule has 0 unspecified atom stereocenters. The summed E-state index contributed by atoms with van der Waals surface area (Å²) in [6.45, 7) is 0.547. The molecule has 0 saturated carbocycles. The van der Waals surface area contributed by atoms with Gasteiger partial charge in [0.05, 0.1) is 12.1 Å². The van der Waals surface area contributed by atoms with Crippen LogP contribution in [0, 0.1) is 0 Å². The third-order valence-corrected chi connectivity index (χ3v) is 6.15. The minimum Gasteiger partial charge on any atom is -0.341 e. The van der Waals surface area contributed by atoms with Crippen LogP contribution < -0.4 is 11.0 Å². The van der Waals surface area contributed by atoms with E-state index < -0.39 is 0 Å². The maximum atomic E-state index is 12.4. The molecule has 8 heteroatoms. The van der Waals surface area contributed by atoms with E-state index in [9.17, 15) is 9.59 Å². The first-order valence-corrected chi connectivity index (χ1v) is 12.4. The summed E-state index contributed by atoms with van der Waals surface area (Å²) in [6.07, 6.45) is 5.17. The van der Waals surface area contributed by atoms with Crippen molar-refractivity contribution in [2.75, 3.05) is 5.32 Å². The van der Waals surface area contributed by atoms with Crippen LogP contribution in [0.3, 0.4) is 0 Å². The summed E-state index contributed by atoms with van der Waals surface area (Å²) in [7, 11) is 0. The van der Waals surface area contributed by atoms with E-state index in [4.69, 9.17) is 0 Å². The molecule has 0 radical (unpaired) electrons. The van der Waals surface area contributed by atoms with Crippen molar-refractivity contribution in [1.29, 1.82) is 0 Å². The van der Waals surface area contributed by atoms with Crippen LogP contribution in [-0.4, -0.2) is 30.6 Å². The topological polar surface area (TPSA) is 106 Å². The van der Waals surface area contributed by atoms with Crippen molar-refractivity contribution in [3.8, 4) is 0 Å². The van der Waals surface area contributed by atoms with Crippen LogP contribution >= 0.6 is 0 Å². The Kier molecular flexibility index (Phi) is 7.45. The van der Waals surface area contributed by atoms with Crippen molar-refractivity contribution < 1.29 is 4.79 Å². The number of anilines is 1. The predicted molar refractivity (Wildman–Crippen MR) is 143 cm³/mol.